The Morgan fingerprint density at radius 1 is 0.778 bits per heavy atom. The fourth-order valence-electron chi connectivity index (χ4n) is 2.13. The molecule has 0 aliphatic rings. The predicted octanol–water partition coefficient (Wildman–Crippen LogP) is 3.41. The van der Waals surface area contributed by atoms with Crippen LogP contribution in [0.15, 0.2) is 60.7 Å². The second-order valence-electron chi connectivity index (χ2n) is 4.68. The monoisotopic (exact) mass is 259 g/mol. The van der Waals surface area contributed by atoms with Gasteiger partial charge in [0, 0.05) is 6.54 Å². The van der Waals surface area contributed by atoms with Crippen molar-refractivity contribution in [3.8, 4) is 0 Å². The molecule has 2 heteroatoms. The highest BCUT2D eigenvalue weighted by molar-refractivity contribution is 6.24. The normalized spacial score (nSPS) is 11.4. The number of nitrogens with two attached hydrogens (primary N) is 1. The van der Waals surface area contributed by atoms with Crippen molar-refractivity contribution in [2.24, 2.45) is 5.73 Å². The standard InChI is InChI=1S/C16H18ClN/c17-16(13-18,11-14-7-3-1-4-8-14)12-15-9-5-2-6-10-15/h1-10H,11-13,18H2. The molecule has 18 heavy (non-hydrogen) atoms. The summed E-state index contributed by atoms with van der Waals surface area (Å²) in [6, 6.07) is 20.5. The minimum Gasteiger partial charge on any atom is -0.329 e. The third-order valence-electron chi connectivity index (χ3n) is 3.09. The van der Waals surface area contributed by atoms with Crippen molar-refractivity contribution in [2.45, 2.75) is 17.7 Å². The van der Waals surface area contributed by atoms with E-state index in [0.29, 0.717) is 6.54 Å². The lowest BCUT2D eigenvalue weighted by molar-refractivity contribution is 0.576. The van der Waals surface area contributed by atoms with E-state index in [1.165, 1.54) is 11.1 Å². The fourth-order valence-corrected chi connectivity index (χ4v) is 2.44. The molecule has 0 spiro atoms. The molecule has 0 fully saturated rings. The van der Waals surface area contributed by atoms with Crippen LogP contribution in [0.3, 0.4) is 0 Å². The minimum absolute atomic E-state index is 0.400. The molecule has 0 aliphatic carbocycles. The van der Waals surface area contributed by atoms with Crippen molar-refractivity contribution in [3.63, 3.8) is 0 Å². The van der Waals surface area contributed by atoms with Gasteiger partial charge in [-0.3, -0.25) is 0 Å². The first-order valence-corrected chi connectivity index (χ1v) is 6.56. The topological polar surface area (TPSA) is 26.0 Å². The molecule has 2 aromatic rings. The van der Waals surface area contributed by atoms with Gasteiger partial charge >= 0.3 is 0 Å². The van der Waals surface area contributed by atoms with E-state index >= 15 is 0 Å². The molecule has 0 aromatic heterocycles. The Morgan fingerprint density at radius 2 is 1.17 bits per heavy atom. The van der Waals surface area contributed by atoms with E-state index in [1.807, 2.05) is 36.4 Å². The lowest BCUT2D eigenvalue weighted by Crippen LogP contribution is -2.36. The van der Waals surface area contributed by atoms with Crippen LogP contribution in [0.2, 0.25) is 0 Å². The SMILES string of the molecule is NCC(Cl)(Cc1ccccc1)Cc1ccccc1. The first-order valence-electron chi connectivity index (χ1n) is 6.19. The smallest absolute Gasteiger partial charge is 0.0648 e. The van der Waals surface area contributed by atoms with Gasteiger partial charge in [0.05, 0.1) is 4.87 Å². The molecular formula is C16H18ClN. The van der Waals surface area contributed by atoms with Gasteiger partial charge < -0.3 is 5.73 Å². The van der Waals surface area contributed by atoms with Crippen molar-refractivity contribution in [1.29, 1.82) is 0 Å². The van der Waals surface area contributed by atoms with E-state index in [1.54, 1.807) is 0 Å². The number of hydrogen-bond donors (Lipinski definition) is 1. The summed E-state index contributed by atoms with van der Waals surface area (Å²) in [6.45, 7) is 0.471. The molecular weight excluding hydrogens is 242 g/mol. The van der Waals surface area contributed by atoms with Gasteiger partial charge in [0.2, 0.25) is 0 Å². The summed E-state index contributed by atoms with van der Waals surface area (Å²) in [5, 5.41) is 0. The molecule has 1 nitrogen and oxygen atoms in total. The van der Waals surface area contributed by atoms with Gasteiger partial charge in [-0.15, -0.1) is 11.6 Å². The van der Waals surface area contributed by atoms with E-state index in [2.05, 4.69) is 24.3 Å². The Morgan fingerprint density at radius 3 is 1.50 bits per heavy atom. The number of hydrogen-bond acceptors (Lipinski definition) is 1. The highest BCUT2D eigenvalue weighted by atomic mass is 35.5. The zero-order chi connectivity index (χ0) is 12.8. The lowest BCUT2D eigenvalue weighted by atomic mass is 9.92. The molecule has 0 aliphatic heterocycles. The molecule has 0 heterocycles. The molecule has 0 bridgehead atoms. The molecule has 94 valence electrons. The summed E-state index contributed by atoms with van der Waals surface area (Å²) in [5.41, 5.74) is 8.33. The molecule has 2 aromatic carbocycles. The Labute approximate surface area is 114 Å². The van der Waals surface area contributed by atoms with Crippen LogP contribution >= 0.6 is 11.6 Å². The number of halogens is 1. The molecule has 0 amide bonds. The van der Waals surface area contributed by atoms with E-state index in [9.17, 15) is 0 Å². The maximum Gasteiger partial charge on any atom is 0.0648 e. The van der Waals surface area contributed by atoms with Crippen LogP contribution in [0.25, 0.3) is 0 Å². The van der Waals surface area contributed by atoms with E-state index < -0.39 is 4.87 Å². The van der Waals surface area contributed by atoms with Crippen LogP contribution in [0.1, 0.15) is 11.1 Å². The van der Waals surface area contributed by atoms with Crippen LogP contribution in [0, 0.1) is 0 Å². The van der Waals surface area contributed by atoms with Gasteiger partial charge in [-0.1, -0.05) is 60.7 Å². The van der Waals surface area contributed by atoms with Crippen molar-refractivity contribution < 1.29 is 0 Å². The third kappa shape index (κ3) is 3.59. The molecule has 0 unspecified atom stereocenters. The predicted molar refractivity (Wildman–Crippen MR) is 77.9 cm³/mol. The van der Waals surface area contributed by atoms with Crippen LogP contribution in [-0.2, 0) is 12.8 Å². The summed E-state index contributed by atoms with van der Waals surface area (Å²) >= 11 is 6.67. The van der Waals surface area contributed by atoms with Gasteiger partial charge in [-0.2, -0.15) is 0 Å². The van der Waals surface area contributed by atoms with Gasteiger partial charge in [-0.25, -0.2) is 0 Å². The summed E-state index contributed by atoms with van der Waals surface area (Å²) < 4.78 is 0. The Bertz CT molecular complexity index is 425. The first kappa shape index (κ1) is 13.1. The number of alkyl halides is 1. The van der Waals surface area contributed by atoms with Crippen LogP contribution < -0.4 is 5.73 Å². The quantitative estimate of drug-likeness (QED) is 0.819. The zero-order valence-electron chi connectivity index (χ0n) is 10.4. The van der Waals surface area contributed by atoms with Crippen LogP contribution in [-0.4, -0.2) is 11.4 Å². The minimum atomic E-state index is -0.400. The average Bonchev–Trinajstić information content (AvgIpc) is 2.41. The molecule has 0 atom stereocenters. The van der Waals surface area contributed by atoms with Crippen LogP contribution in [0.4, 0.5) is 0 Å². The van der Waals surface area contributed by atoms with Gasteiger partial charge in [0.15, 0.2) is 0 Å². The zero-order valence-corrected chi connectivity index (χ0v) is 11.1. The van der Waals surface area contributed by atoms with Crippen molar-refractivity contribution >= 4 is 11.6 Å². The van der Waals surface area contributed by atoms with Gasteiger partial charge in [0.25, 0.3) is 0 Å². The summed E-state index contributed by atoms with van der Waals surface area (Å²) in [4.78, 5) is -0.400. The Balaban J connectivity index is 2.11. The van der Waals surface area contributed by atoms with Crippen LogP contribution in [0.5, 0.6) is 0 Å². The van der Waals surface area contributed by atoms with Crippen molar-refractivity contribution in [1.82, 2.24) is 0 Å². The number of rotatable bonds is 5. The van der Waals surface area contributed by atoms with E-state index in [4.69, 9.17) is 17.3 Å². The van der Waals surface area contributed by atoms with Crippen molar-refractivity contribution in [2.75, 3.05) is 6.54 Å². The third-order valence-corrected chi connectivity index (χ3v) is 3.51. The number of benzene rings is 2. The highest BCUT2D eigenvalue weighted by Crippen LogP contribution is 2.25. The van der Waals surface area contributed by atoms with E-state index in [-0.39, 0.29) is 0 Å². The van der Waals surface area contributed by atoms with Crippen molar-refractivity contribution in [3.05, 3.63) is 71.8 Å². The highest BCUT2D eigenvalue weighted by Gasteiger charge is 2.26. The molecule has 0 saturated heterocycles. The second kappa shape index (κ2) is 6.03. The summed E-state index contributed by atoms with van der Waals surface area (Å²) in [7, 11) is 0. The van der Waals surface area contributed by atoms with E-state index in [0.717, 1.165) is 12.8 Å². The lowest BCUT2D eigenvalue weighted by Gasteiger charge is -2.25. The maximum absolute atomic E-state index is 6.67. The average molecular weight is 260 g/mol. The summed E-state index contributed by atoms with van der Waals surface area (Å²) in [5.74, 6) is 0. The largest absolute Gasteiger partial charge is 0.329 e. The molecule has 2 N–H and O–H groups in total. The molecule has 0 saturated carbocycles. The van der Waals surface area contributed by atoms with Gasteiger partial charge in [-0.05, 0) is 24.0 Å². The molecule has 2 rings (SSSR count). The molecule has 0 radical (unpaired) electrons. The van der Waals surface area contributed by atoms with Gasteiger partial charge in [0.1, 0.15) is 0 Å². The Kier molecular flexibility index (Phi) is 4.40. The second-order valence-corrected chi connectivity index (χ2v) is 5.48. The first-order chi connectivity index (χ1) is 8.72. The fraction of sp³-hybridized carbons (Fsp3) is 0.250. The maximum atomic E-state index is 6.67. The Hall–Kier alpha value is -1.31. The summed E-state index contributed by atoms with van der Waals surface area (Å²) in [6.07, 6.45) is 1.58.